The van der Waals surface area contributed by atoms with Crippen LogP contribution in [0.2, 0.25) is 0 Å². The van der Waals surface area contributed by atoms with E-state index in [-0.39, 0.29) is 5.57 Å². The van der Waals surface area contributed by atoms with Crippen LogP contribution in [0.3, 0.4) is 0 Å². The van der Waals surface area contributed by atoms with E-state index >= 15 is 0 Å². The van der Waals surface area contributed by atoms with Gasteiger partial charge in [-0.1, -0.05) is 6.07 Å². The molecule has 0 atom stereocenters. The molecule has 0 aliphatic carbocycles. The molecule has 19 heavy (non-hydrogen) atoms. The molecule has 0 saturated carbocycles. The number of hydrogen-bond acceptors (Lipinski definition) is 4. The predicted octanol–water partition coefficient (Wildman–Crippen LogP) is 1.65. The number of carboxylic acid groups (broad SMARTS) is 2. The zero-order chi connectivity index (χ0) is 14.4. The molecule has 0 fully saturated rings. The third-order valence-electron chi connectivity index (χ3n) is 2.36. The largest absolute Gasteiger partial charge is 0.493 e. The summed E-state index contributed by atoms with van der Waals surface area (Å²) in [5, 5.41) is 17.6. The zero-order valence-electron chi connectivity index (χ0n) is 10.5. The van der Waals surface area contributed by atoms with Gasteiger partial charge in [0.15, 0.2) is 11.5 Å². The molecule has 0 saturated heterocycles. The normalized spacial score (nSPS) is 10.9. The van der Waals surface area contributed by atoms with Crippen molar-refractivity contribution in [2.24, 2.45) is 0 Å². The van der Waals surface area contributed by atoms with Gasteiger partial charge in [0.25, 0.3) is 0 Å². The number of aliphatic carboxylic acids is 2. The van der Waals surface area contributed by atoms with E-state index in [2.05, 4.69) is 0 Å². The van der Waals surface area contributed by atoms with Crippen molar-refractivity contribution in [3.63, 3.8) is 0 Å². The standard InChI is InChI=1S/C13H14O6/c1-18-10-4-3-8(6-11(10)19-2)5-9(13(16)17)7-12(14)15/h3-6H,7H2,1-2H3,(H,14,15)(H,16,17)/b9-5+. The summed E-state index contributed by atoms with van der Waals surface area (Å²) in [6.07, 6.45) is 0.738. The Kier molecular flexibility index (Phi) is 4.93. The summed E-state index contributed by atoms with van der Waals surface area (Å²) in [4.78, 5) is 21.5. The molecule has 102 valence electrons. The molecule has 0 aromatic heterocycles. The molecule has 0 aliphatic rings. The molecular formula is C13H14O6. The van der Waals surface area contributed by atoms with Gasteiger partial charge in [-0.25, -0.2) is 4.79 Å². The lowest BCUT2D eigenvalue weighted by molar-refractivity contribution is -0.139. The number of ether oxygens (including phenoxy) is 2. The van der Waals surface area contributed by atoms with Crippen molar-refractivity contribution in [1.82, 2.24) is 0 Å². The van der Waals surface area contributed by atoms with Gasteiger partial charge < -0.3 is 19.7 Å². The van der Waals surface area contributed by atoms with Gasteiger partial charge in [-0.2, -0.15) is 0 Å². The highest BCUT2D eigenvalue weighted by Crippen LogP contribution is 2.28. The zero-order valence-corrected chi connectivity index (χ0v) is 10.5. The van der Waals surface area contributed by atoms with E-state index in [1.165, 1.54) is 20.3 Å². The minimum atomic E-state index is -1.27. The quantitative estimate of drug-likeness (QED) is 0.760. The van der Waals surface area contributed by atoms with Crippen molar-refractivity contribution in [2.45, 2.75) is 6.42 Å². The van der Waals surface area contributed by atoms with E-state index in [0.29, 0.717) is 17.1 Å². The first kappa shape index (κ1) is 14.6. The van der Waals surface area contributed by atoms with Crippen molar-refractivity contribution < 1.29 is 29.3 Å². The second kappa shape index (κ2) is 6.44. The van der Waals surface area contributed by atoms with Crippen molar-refractivity contribution in [3.05, 3.63) is 29.3 Å². The van der Waals surface area contributed by atoms with Gasteiger partial charge in [0.1, 0.15) is 0 Å². The molecule has 0 heterocycles. The SMILES string of the molecule is COc1ccc(/C=C(\CC(=O)O)C(=O)O)cc1OC. The van der Waals surface area contributed by atoms with Crippen LogP contribution in [-0.2, 0) is 9.59 Å². The minimum Gasteiger partial charge on any atom is -0.493 e. The third kappa shape index (κ3) is 4.02. The summed E-state index contributed by atoms with van der Waals surface area (Å²) < 4.78 is 10.1. The Morgan fingerprint density at radius 2 is 1.79 bits per heavy atom. The highest BCUT2D eigenvalue weighted by atomic mass is 16.5. The molecule has 0 spiro atoms. The molecule has 0 radical (unpaired) electrons. The van der Waals surface area contributed by atoms with Crippen LogP contribution in [0.25, 0.3) is 6.08 Å². The van der Waals surface area contributed by atoms with Crippen molar-refractivity contribution in [1.29, 1.82) is 0 Å². The van der Waals surface area contributed by atoms with Gasteiger partial charge in [0, 0.05) is 5.57 Å². The van der Waals surface area contributed by atoms with E-state index in [9.17, 15) is 9.59 Å². The number of hydrogen-bond donors (Lipinski definition) is 2. The van der Waals surface area contributed by atoms with Crippen molar-refractivity contribution in [3.8, 4) is 11.5 Å². The van der Waals surface area contributed by atoms with Crippen LogP contribution in [0.5, 0.6) is 11.5 Å². The predicted molar refractivity (Wildman–Crippen MR) is 67.4 cm³/mol. The maximum atomic E-state index is 10.9. The number of carboxylic acids is 2. The fraction of sp³-hybridized carbons (Fsp3) is 0.231. The Morgan fingerprint density at radius 3 is 2.26 bits per heavy atom. The number of carbonyl (C=O) groups is 2. The van der Waals surface area contributed by atoms with Crippen LogP contribution < -0.4 is 9.47 Å². The van der Waals surface area contributed by atoms with Crippen molar-refractivity contribution >= 4 is 18.0 Å². The maximum Gasteiger partial charge on any atom is 0.332 e. The first-order valence-electron chi connectivity index (χ1n) is 5.35. The monoisotopic (exact) mass is 266 g/mol. The summed E-state index contributed by atoms with van der Waals surface area (Å²) in [5.41, 5.74) is 0.316. The lowest BCUT2D eigenvalue weighted by atomic mass is 10.1. The lowest BCUT2D eigenvalue weighted by Gasteiger charge is -2.08. The van der Waals surface area contributed by atoms with E-state index in [0.717, 1.165) is 0 Å². The Morgan fingerprint density at radius 1 is 1.16 bits per heavy atom. The smallest absolute Gasteiger partial charge is 0.332 e. The van der Waals surface area contributed by atoms with Gasteiger partial charge in [0.2, 0.25) is 0 Å². The first-order chi connectivity index (χ1) is 8.97. The highest BCUT2D eigenvalue weighted by Gasteiger charge is 2.12. The average molecular weight is 266 g/mol. The first-order valence-corrected chi connectivity index (χ1v) is 5.35. The van der Waals surface area contributed by atoms with Crippen LogP contribution in [0.1, 0.15) is 12.0 Å². The Hall–Kier alpha value is -2.50. The molecule has 1 aromatic rings. The van der Waals surface area contributed by atoms with Crippen LogP contribution in [0.15, 0.2) is 23.8 Å². The van der Waals surface area contributed by atoms with E-state index in [4.69, 9.17) is 19.7 Å². The van der Waals surface area contributed by atoms with E-state index < -0.39 is 18.4 Å². The summed E-state index contributed by atoms with van der Waals surface area (Å²) in [7, 11) is 2.95. The number of benzene rings is 1. The molecule has 1 aromatic carbocycles. The fourth-order valence-electron chi connectivity index (χ4n) is 1.50. The van der Waals surface area contributed by atoms with Crippen molar-refractivity contribution in [2.75, 3.05) is 14.2 Å². The van der Waals surface area contributed by atoms with Crippen LogP contribution in [0, 0.1) is 0 Å². The minimum absolute atomic E-state index is 0.209. The summed E-state index contributed by atoms with van der Waals surface area (Å²) >= 11 is 0. The molecule has 6 nitrogen and oxygen atoms in total. The van der Waals surface area contributed by atoms with Gasteiger partial charge in [-0.3, -0.25) is 4.79 Å². The van der Waals surface area contributed by atoms with Gasteiger partial charge in [-0.15, -0.1) is 0 Å². The second-order valence-electron chi connectivity index (χ2n) is 3.66. The number of methoxy groups -OCH3 is 2. The number of rotatable bonds is 6. The lowest BCUT2D eigenvalue weighted by Crippen LogP contribution is -2.06. The summed E-state index contributed by atoms with van der Waals surface area (Å²) in [5.74, 6) is -1.52. The topological polar surface area (TPSA) is 93.1 Å². The van der Waals surface area contributed by atoms with E-state index in [1.807, 2.05) is 0 Å². The van der Waals surface area contributed by atoms with Crippen LogP contribution in [-0.4, -0.2) is 36.4 Å². The fourth-order valence-corrected chi connectivity index (χ4v) is 1.50. The Balaban J connectivity index is 3.14. The molecule has 6 heteroatoms. The van der Waals surface area contributed by atoms with E-state index in [1.54, 1.807) is 18.2 Å². The van der Waals surface area contributed by atoms with Gasteiger partial charge in [-0.05, 0) is 23.8 Å². The molecule has 0 amide bonds. The molecular weight excluding hydrogens is 252 g/mol. The maximum absolute atomic E-state index is 10.9. The molecule has 0 bridgehead atoms. The van der Waals surface area contributed by atoms with Gasteiger partial charge in [0.05, 0.1) is 20.6 Å². The summed E-state index contributed by atoms with van der Waals surface area (Å²) in [6, 6.07) is 4.81. The Labute approximate surface area is 109 Å². The van der Waals surface area contributed by atoms with Crippen LogP contribution >= 0.6 is 0 Å². The molecule has 0 unspecified atom stereocenters. The second-order valence-corrected chi connectivity index (χ2v) is 3.66. The van der Waals surface area contributed by atoms with Gasteiger partial charge >= 0.3 is 11.9 Å². The average Bonchev–Trinajstić information content (AvgIpc) is 2.37. The molecule has 0 aliphatic heterocycles. The highest BCUT2D eigenvalue weighted by molar-refractivity contribution is 5.96. The third-order valence-corrected chi connectivity index (χ3v) is 2.36. The molecule has 2 N–H and O–H groups in total. The molecule has 1 rings (SSSR count). The summed E-state index contributed by atoms with van der Waals surface area (Å²) in [6.45, 7) is 0. The van der Waals surface area contributed by atoms with Crippen LogP contribution in [0.4, 0.5) is 0 Å². The Bertz CT molecular complexity index is 518.